The maximum atomic E-state index is 11.9. The smallest absolute Gasteiger partial charge is 0.0894 e. The van der Waals surface area contributed by atoms with Crippen LogP contribution in [-0.4, -0.2) is 19.3 Å². The fourth-order valence-electron chi connectivity index (χ4n) is 1.79. The summed E-state index contributed by atoms with van der Waals surface area (Å²) < 4.78 is 11.9. The summed E-state index contributed by atoms with van der Waals surface area (Å²) in [6.07, 6.45) is 3.79. The highest BCUT2D eigenvalue weighted by Gasteiger charge is 2.05. The molecule has 1 aromatic rings. The zero-order valence-corrected chi connectivity index (χ0v) is 10.1. The summed E-state index contributed by atoms with van der Waals surface area (Å²) in [6.45, 7) is 2.92. The lowest BCUT2D eigenvalue weighted by Gasteiger charge is -2.16. The fourth-order valence-corrected chi connectivity index (χ4v) is 1.79. The minimum absolute atomic E-state index is 0.197. The van der Waals surface area contributed by atoms with Gasteiger partial charge in [-0.2, -0.15) is 0 Å². The van der Waals surface area contributed by atoms with Crippen LogP contribution in [0.15, 0.2) is 30.3 Å². The quantitative estimate of drug-likeness (QED) is 0.666. The number of unbranched alkanes of at least 4 members (excludes halogenated alkanes) is 1. The van der Waals surface area contributed by atoms with Crippen molar-refractivity contribution in [3.05, 3.63) is 35.9 Å². The molecular weight excluding hydrogens is 201 g/mol. The third-order valence-corrected chi connectivity index (χ3v) is 2.81. The molecule has 1 N–H and O–H groups in total. The topological polar surface area (TPSA) is 12.0 Å². The van der Waals surface area contributed by atoms with Gasteiger partial charge in [-0.25, -0.2) is 0 Å². The Bertz CT molecular complexity index is 261. The minimum Gasteiger partial charge on any atom is -0.314 e. The second-order valence-electron chi connectivity index (χ2n) is 4.15. The van der Waals surface area contributed by atoms with Gasteiger partial charge in [0.1, 0.15) is 0 Å². The van der Waals surface area contributed by atoms with Crippen LogP contribution in [0.1, 0.15) is 31.7 Å². The average molecular weight is 223 g/mol. The highest BCUT2D eigenvalue weighted by molar-refractivity contribution is 5.15. The summed E-state index contributed by atoms with van der Waals surface area (Å²) >= 11 is 0. The summed E-state index contributed by atoms with van der Waals surface area (Å²) in [7, 11) is 0. The Morgan fingerprint density at radius 1 is 1.19 bits per heavy atom. The van der Waals surface area contributed by atoms with E-state index in [9.17, 15) is 4.39 Å². The lowest BCUT2D eigenvalue weighted by Crippen LogP contribution is -2.31. The molecule has 0 heterocycles. The minimum atomic E-state index is -0.197. The second kappa shape index (κ2) is 8.28. The summed E-state index contributed by atoms with van der Waals surface area (Å²) in [5, 5.41) is 3.49. The standard InChI is InChI=1S/C14H22FN/c1-2-14(16-11-7-6-10-15)12-13-8-4-3-5-9-13/h3-5,8-9,14,16H,2,6-7,10-12H2,1H3. The molecule has 0 aromatic heterocycles. The zero-order valence-electron chi connectivity index (χ0n) is 10.1. The van der Waals surface area contributed by atoms with Crippen molar-refractivity contribution in [1.29, 1.82) is 0 Å². The molecule has 1 nitrogen and oxygen atoms in total. The Kier molecular flexibility index (Phi) is 6.82. The molecule has 0 fully saturated rings. The monoisotopic (exact) mass is 223 g/mol. The molecule has 0 saturated carbocycles. The van der Waals surface area contributed by atoms with Crippen molar-refractivity contribution in [3.8, 4) is 0 Å². The lowest BCUT2D eigenvalue weighted by molar-refractivity contribution is 0.434. The summed E-state index contributed by atoms with van der Waals surface area (Å²) in [5.41, 5.74) is 1.37. The highest BCUT2D eigenvalue weighted by Crippen LogP contribution is 2.05. The molecule has 0 aliphatic heterocycles. The third kappa shape index (κ3) is 5.26. The molecule has 0 saturated heterocycles. The maximum absolute atomic E-state index is 11.9. The zero-order chi connectivity index (χ0) is 11.6. The molecule has 1 rings (SSSR count). The van der Waals surface area contributed by atoms with E-state index in [1.807, 2.05) is 6.07 Å². The summed E-state index contributed by atoms with van der Waals surface area (Å²) in [4.78, 5) is 0. The number of hydrogen-bond acceptors (Lipinski definition) is 1. The number of benzene rings is 1. The largest absolute Gasteiger partial charge is 0.314 e. The molecule has 0 aliphatic rings. The van der Waals surface area contributed by atoms with Gasteiger partial charge in [0.05, 0.1) is 6.67 Å². The van der Waals surface area contributed by atoms with Crippen LogP contribution in [0.4, 0.5) is 4.39 Å². The molecule has 1 aromatic carbocycles. The Morgan fingerprint density at radius 2 is 1.94 bits per heavy atom. The SMILES string of the molecule is CCC(Cc1ccccc1)NCCCCF. The molecule has 1 atom stereocenters. The van der Waals surface area contributed by atoms with Gasteiger partial charge in [-0.05, 0) is 37.8 Å². The summed E-state index contributed by atoms with van der Waals surface area (Å²) in [5.74, 6) is 0. The van der Waals surface area contributed by atoms with E-state index < -0.39 is 0 Å². The molecule has 0 bridgehead atoms. The van der Waals surface area contributed by atoms with Crippen molar-refractivity contribution in [1.82, 2.24) is 5.32 Å². The van der Waals surface area contributed by atoms with Gasteiger partial charge in [0.15, 0.2) is 0 Å². The van der Waals surface area contributed by atoms with Gasteiger partial charge in [-0.3, -0.25) is 4.39 Å². The fraction of sp³-hybridized carbons (Fsp3) is 0.571. The van der Waals surface area contributed by atoms with Crippen LogP contribution in [-0.2, 0) is 6.42 Å². The number of nitrogens with one attached hydrogen (secondary N) is 1. The Hall–Kier alpha value is -0.890. The molecule has 0 radical (unpaired) electrons. The van der Waals surface area contributed by atoms with Crippen molar-refractivity contribution >= 4 is 0 Å². The Morgan fingerprint density at radius 3 is 2.56 bits per heavy atom. The normalized spacial score (nSPS) is 12.6. The predicted octanol–water partition coefficient (Wildman–Crippen LogP) is 3.35. The molecule has 0 spiro atoms. The molecule has 0 aliphatic carbocycles. The average Bonchev–Trinajstić information content (AvgIpc) is 2.34. The van der Waals surface area contributed by atoms with E-state index in [1.165, 1.54) is 5.56 Å². The Labute approximate surface area is 98.1 Å². The molecule has 16 heavy (non-hydrogen) atoms. The van der Waals surface area contributed by atoms with Crippen LogP contribution >= 0.6 is 0 Å². The van der Waals surface area contributed by atoms with Gasteiger partial charge in [-0.15, -0.1) is 0 Å². The number of hydrogen-bond donors (Lipinski definition) is 1. The van der Waals surface area contributed by atoms with Gasteiger partial charge in [-0.1, -0.05) is 37.3 Å². The van der Waals surface area contributed by atoms with E-state index in [0.29, 0.717) is 12.5 Å². The van der Waals surface area contributed by atoms with Crippen LogP contribution < -0.4 is 5.32 Å². The van der Waals surface area contributed by atoms with Crippen LogP contribution in [0.3, 0.4) is 0 Å². The van der Waals surface area contributed by atoms with Gasteiger partial charge < -0.3 is 5.32 Å². The number of rotatable bonds is 8. The first kappa shape index (κ1) is 13.2. The van der Waals surface area contributed by atoms with Crippen molar-refractivity contribution in [2.45, 2.75) is 38.6 Å². The second-order valence-corrected chi connectivity index (χ2v) is 4.15. The van der Waals surface area contributed by atoms with Gasteiger partial charge in [0.25, 0.3) is 0 Å². The maximum Gasteiger partial charge on any atom is 0.0894 e. The molecule has 1 unspecified atom stereocenters. The first-order valence-electron chi connectivity index (χ1n) is 6.20. The van der Waals surface area contributed by atoms with Crippen LogP contribution in [0.2, 0.25) is 0 Å². The van der Waals surface area contributed by atoms with Crippen LogP contribution in [0.25, 0.3) is 0 Å². The van der Waals surface area contributed by atoms with E-state index in [2.05, 4.69) is 36.5 Å². The predicted molar refractivity (Wildman–Crippen MR) is 67.4 cm³/mol. The van der Waals surface area contributed by atoms with Crippen molar-refractivity contribution in [3.63, 3.8) is 0 Å². The number of alkyl halides is 1. The van der Waals surface area contributed by atoms with E-state index in [0.717, 1.165) is 25.8 Å². The third-order valence-electron chi connectivity index (χ3n) is 2.81. The lowest BCUT2D eigenvalue weighted by atomic mass is 10.0. The molecule has 90 valence electrons. The van der Waals surface area contributed by atoms with Gasteiger partial charge in [0, 0.05) is 6.04 Å². The van der Waals surface area contributed by atoms with Crippen LogP contribution in [0.5, 0.6) is 0 Å². The highest BCUT2D eigenvalue weighted by atomic mass is 19.1. The molecular formula is C14H22FN. The van der Waals surface area contributed by atoms with E-state index in [4.69, 9.17) is 0 Å². The summed E-state index contributed by atoms with van der Waals surface area (Å²) in [6, 6.07) is 11.0. The molecule has 0 amide bonds. The molecule has 2 heteroatoms. The van der Waals surface area contributed by atoms with Crippen LogP contribution in [0, 0.1) is 0 Å². The number of halogens is 1. The Balaban J connectivity index is 2.26. The van der Waals surface area contributed by atoms with Gasteiger partial charge >= 0.3 is 0 Å². The van der Waals surface area contributed by atoms with E-state index in [1.54, 1.807) is 0 Å². The first-order chi connectivity index (χ1) is 7.86. The van der Waals surface area contributed by atoms with Crippen molar-refractivity contribution < 1.29 is 4.39 Å². The van der Waals surface area contributed by atoms with Crippen molar-refractivity contribution in [2.75, 3.05) is 13.2 Å². The van der Waals surface area contributed by atoms with E-state index in [-0.39, 0.29) is 6.67 Å². The first-order valence-corrected chi connectivity index (χ1v) is 6.20. The van der Waals surface area contributed by atoms with E-state index >= 15 is 0 Å². The van der Waals surface area contributed by atoms with Gasteiger partial charge in [0.2, 0.25) is 0 Å². The van der Waals surface area contributed by atoms with Crippen molar-refractivity contribution in [2.24, 2.45) is 0 Å².